The second-order valence-corrected chi connectivity index (χ2v) is 3.37. The Morgan fingerprint density at radius 3 is 2.28 bits per heavy atom. The predicted molar refractivity (Wildman–Crippen MR) is 51.7 cm³/mol. The van der Waals surface area contributed by atoms with Gasteiger partial charge in [0.25, 0.3) is 0 Å². The summed E-state index contributed by atoms with van der Waals surface area (Å²) >= 11 is 0. The number of esters is 1. The summed E-state index contributed by atoms with van der Waals surface area (Å²) in [4.78, 5) is 11.1. The molecule has 0 aromatic rings. The molecule has 0 amide bonds. The Morgan fingerprint density at radius 1 is 1.33 bits per heavy atom. The lowest BCUT2D eigenvalue weighted by molar-refractivity contribution is -0.399. The van der Waals surface area contributed by atoms with E-state index in [-0.39, 0.29) is 12.8 Å². The van der Waals surface area contributed by atoms with Crippen molar-refractivity contribution in [3.05, 3.63) is 12.8 Å². The molecule has 0 aromatic heterocycles. The first kappa shape index (κ1) is 16.8. The Bertz CT molecular complexity index is 288. The molecule has 0 aliphatic heterocycles. The highest BCUT2D eigenvalue weighted by molar-refractivity contribution is 5.75. The van der Waals surface area contributed by atoms with Crippen molar-refractivity contribution in [3.63, 3.8) is 0 Å². The van der Waals surface area contributed by atoms with Crippen molar-refractivity contribution in [2.75, 3.05) is 0 Å². The van der Waals surface area contributed by atoms with Crippen LogP contribution < -0.4 is 0 Å². The molecule has 1 unspecified atom stereocenters. The summed E-state index contributed by atoms with van der Waals surface area (Å²) in [5.74, 6) is -1.33. The smallest absolute Gasteiger partial charge is 0.433 e. The summed E-state index contributed by atoms with van der Waals surface area (Å²) in [5.41, 5.74) is 0. The molecule has 1 atom stereocenters. The average molecular weight is 276 g/mol. The molecule has 0 fully saturated rings. The molecule has 0 aromatic carbocycles. The van der Waals surface area contributed by atoms with E-state index >= 15 is 0 Å². The lowest BCUT2D eigenvalue weighted by Gasteiger charge is -2.24. The first-order chi connectivity index (χ1) is 8.15. The van der Waals surface area contributed by atoms with Gasteiger partial charge in [-0.05, 0) is 6.42 Å². The van der Waals surface area contributed by atoms with Crippen LogP contribution in [-0.4, -0.2) is 24.4 Å². The van der Waals surface area contributed by atoms with Gasteiger partial charge in [-0.25, -0.2) is 4.79 Å². The SMILES string of the molecule is C=COC(=O)C(CCCC)OC(F)(F)C(F)(F)F. The molecule has 0 N–H and O–H groups in total. The van der Waals surface area contributed by atoms with Crippen LogP contribution in [0, 0.1) is 0 Å². The van der Waals surface area contributed by atoms with E-state index in [1.165, 1.54) is 0 Å². The van der Waals surface area contributed by atoms with Crippen molar-refractivity contribution in [1.29, 1.82) is 0 Å². The third-order valence-corrected chi connectivity index (χ3v) is 1.90. The number of halogens is 5. The van der Waals surface area contributed by atoms with Crippen molar-refractivity contribution in [1.82, 2.24) is 0 Å². The van der Waals surface area contributed by atoms with Gasteiger partial charge in [-0.1, -0.05) is 26.3 Å². The van der Waals surface area contributed by atoms with E-state index < -0.39 is 24.4 Å². The van der Waals surface area contributed by atoms with Gasteiger partial charge in [-0.15, -0.1) is 0 Å². The molecule has 106 valence electrons. The number of rotatable bonds is 7. The van der Waals surface area contributed by atoms with Gasteiger partial charge in [-0.3, -0.25) is 4.74 Å². The van der Waals surface area contributed by atoms with Crippen LogP contribution in [0.5, 0.6) is 0 Å². The first-order valence-electron chi connectivity index (χ1n) is 5.09. The molecule has 18 heavy (non-hydrogen) atoms. The van der Waals surface area contributed by atoms with Gasteiger partial charge in [0.2, 0.25) is 0 Å². The molecule has 8 heteroatoms. The van der Waals surface area contributed by atoms with Crippen LogP contribution >= 0.6 is 0 Å². The van der Waals surface area contributed by atoms with E-state index in [2.05, 4.69) is 16.1 Å². The molecule has 0 radical (unpaired) electrons. The number of carbonyl (C=O) groups excluding carboxylic acids is 1. The zero-order valence-electron chi connectivity index (χ0n) is 9.60. The van der Waals surface area contributed by atoms with Crippen molar-refractivity contribution >= 4 is 5.97 Å². The van der Waals surface area contributed by atoms with E-state index in [1.807, 2.05) is 0 Å². The highest BCUT2D eigenvalue weighted by Gasteiger charge is 2.61. The third kappa shape index (κ3) is 4.99. The third-order valence-electron chi connectivity index (χ3n) is 1.90. The zero-order valence-corrected chi connectivity index (χ0v) is 9.60. The topological polar surface area (TPSA) is 35.5 Å². The van der Waals surface area contributed by atoms with Gasteiger partial charge >= 0.3 is 18.3 Å². The average Bonchev–Trinajstić information content (AvgIpc) is 2.22. The van der Waals surface area contributed by atoms with Crippen molar-refractivity contribution < 1.29 is 36.2 Å². The summed E-state index contributed by atoms with van der Waals surface area (Å²) in [6, 6.07) is 0. The monoisotopic (exact) mass is 276 g/mol. The largest absolute Gasteiger partial charge is 0.482 e. The second kappa shape index (κ2) is 6.67. The minimum Gasteiger partial charge on any atom is -0.433 e. The number of unbranched alkanes of at least 4 members (excludes halogenated alkanes) is 1. The molecule has 0 bridgehead atoms. The minimum absolute atomic E-state index is 0.241. The molecule has 0 heterocycles. The van der Waals surface area contributed by atoms with Gasteiger partial charge in [0.15, 0.2) is 6.10 Å². The first-order valence-corrected chi connectivity index (χ1v) is 5.09. The van der Waals surface area contributed by atoms with E-state index in [9.17, 15) is 26.7 Å². The molecule has 0 saturated carbocycles. The Morgan fingerprint density at radius 2 is 1.89 bits per heavy atom. The maximum absolute atomic E-state index is 12.6. The highest BCUT2D eigenvalue weighted by Crippen LogP contribution is 2.37. The summed E-state index contributed by atoms with van der Waals surface area (Å²) in [6.07, 6.45) is -12.2. The summed E-state index contributed by atoms with van der Waals surface area (Å²) in [5, 5.41) is 0. The van der Waals surface area contributed by atoms with E-state index in [1.54, 1.807) is 6.92 Å². The van der Waals surface area contributed by atoms with Crippen molar-refractivity contribution in [3.8, 4) is 0 Å². The maximum atomic E-state index is 12.6. The Hall–Kier alpha value is -1.18. The number of ether oxygens (including phenoxy) is 2. The minimum atomic E-state index is -5.88. The molecular formula is C10H13F5O3. The van der Waals surface area contributed by atoms with Crippen LogP contribution in [0.25, 0.3) is 0 Å². The lowest BCUT2D eigenvalue weighted by Crippen LogP contribution is -2.44. The van der Waals surface area contributed by atoms with Gasteiger partial charge in [0.05, 0.1) is 6.26 Å². The predicted octanol–water partition coefficient (Wildman–Crippen LogP) is 3.40. The van der Waals surface area contributed by atoms with Crippen LogP contribution in [0.1, 0.15) is 26.2 Å². The second-order valence-electron chi connectivity index (χ2n) is 3.37. The molecule has 0 spiro atoms. The molecule has 0 saturated heterocycles. The Kier molecular flexibility index (Phi) is 6.23. The summed E-state index contributed by atoms with van der Waals surface area (Å²) in [7, 11) is 0. The fourth-order valence-electron chi connectivity index (χ4n) is 1.02. The Labute approximate surface area is 101 Å². The number of alkyl halides is 5. The molecule has 3 nitrogen and oxygen atoms in total. The fraction of sp³-hybridized carbons (Fsp3) is 0.700. The number of hydrogen-bond acceptors (Lipinski definition) is 3. The van der Waals surface area contributed by atoms with E-state index in [4.69, 9.17) is 0 Å². The van der Waals surface area contributed by atoms with E-state index in [0.717, 1.165) is 0 Å². The number of carbonyl (C=O) groups is 1. The normalized spacial score (nSPS) is 14.1. The summed E-state index contributed by atoms with van der Waals surface area (Å²) in [6.45, 7) is 4.68. The lowest BCUT2D eigenvalue weighted by atomic mass is 10.1. The Balaban J connectivity index is 4.77. The van der Waals surface area contributed by atoms with Gasteiger partial charge in [-0.2, -0.15) is 22.0 Å². The van der Waals surface area contributed by atoms with Crippen LogP contribution in [0.15, 0.2) is 12.8 Å². The molecule has 0 aliphatic rings. The quantitative estimate of drug-likeness (QED) is 0.406. The van der Waals surface area contributed by atoms with Crippen LogP contribution in [0.3, 0.4) is 0 Å². The van der Waals surface area contributed by atoms with Gasteiger partial charge < -0.3 is 4.74 Å². The van der Waals surface area contributed by atoms with Crippen molar-refractivity contribution in [2.24, 2.45) is 0 Å². The molecular weight excluding hydrogens is 263 g/mol. The van der Waals surface area contributed by atoms with Crippen LogP contribution in [0.4, 0.5) is 22.0 Å². The van der Waals surface area contributed by atoms with E-state index in [0.29, 0.717) is 12.7 Å². The van der Waals surface area contributed by atoms with Gasteiger partial charge in [0.1, 0.15) is 0 Å². The number of hydrogen-bond donors (Lipinski definition) is 0. The zero-order chi connectivity index (χ0) is 14.4. The van der Waals surface area contributed by atoms with Gasteiger partial charge in [0, 0.05) is 0 Å². The highest BCUT2D eigenvalue weighted by atomic mass is 19.4. The fourth-order valence-corrected chi connectivity index (χ4v) is 1.02. The van der Waals surface area contributed by atoms with Crippen LogP contribution in [-0.2, 0) is 14.3 Å². The van der Waals surface area contributed by atoms with Crippen molar-refractivity contribution in [2.45, 2.75) is 44.6 Å². The summed E-state index contributed by atoms with van der Waals surface area (Å²) < 4.78 is 68.7. The molecule has 0 rings (SSSR count). The van der Waals surface area contributed by atoms with Crippen LogP contribution in [0.2, 0.25) is 0 Å². The standard InChI is InChI=1S/C10H13F5O3/c1-3-5-6-7(8(16)17-4-2)18-10(14,15)9(11,12)13/h4,7H,2-3,5-6H2,1H3. The maximum Gasteiger partial charge on any atom is 0.482 e. The molecule has 0 aliphatic carbocycles.